The zero-order valence-corrected chi connectivity index (χ0v) is 12.1. The third-order valence-electron chi connectivity index (χ3n) is 3.22. The van der Waals surface area contributed by atoms with Crippen molar-refractivity contribution in [3.8, 4) is 0 Å². The van der Waals surface area contributed by atoms with Crippen LogP contribution in [0.5, 0.6) is 0 Å². The molecular formula is C14H23NO2S. The summed E-state index contributed by atoms with van der Waals surface area (Å²) in [5.74, 6) is 0. The summed E-state index contributed by atoms with van der Waals surface area (Å²) >= 11 is 1.83. The van der Waals surface area contributed by atoms with Gasteiger partial charge in [0.2, 0.25) is 0 Å². The molecule has 1 aromatic heterocycles. The van der Waals surface area contributed by atoms with Crippen molar-refractivity contribution in [2.75, 3.05) is 19.8 Å². The molecule has 18 heavy (non-hydrogen) atoms. The molecule has 0 aliphatic carbocycles. The largest absolute Gasteiger partial charge is 0.353 e. The second-order valence-corrected chi connectivity index (χ2v) is 5.99. The van der Waals surface area contributed by atoms with Crippen LogP contribution >= 0.6 is 11.3 Å². The summed E-state index contributed by atoms with van der Waals surface area (Å²) in [6.07, 6.45) is 1.99. The Kier molecular flexibility index (Phi) is 5.63. The van der Waals surface area contributed by atoms with E-state index in [1.165, 1.54) is 4.88 Å². The molecule has 1 aliphatic heterocycles. The molecule has 1 saturated heterocycles. The molecule has 1 fully saturated rings. The monoisotopic (exact) mass is 269 g/mol. The Morgan fingerprint density at radius 3 is 2.78 bits per heavy atom. The highest BCUT2D eigenvalue weighted by atomic mass is 32.1. The van der Waals surface area contributed by atoms with Crippen LogP contribution in [0.25, 0.3) is 0 Å². The molecule has 0 radical (unpaired) electrons. The van der Waals surface area contributed by atoms with Crippen molar-refractivity contribution in [2.45, 2.75) is 45.6 Å². The van der Waals surface area contributed by atoms with E-state index < -0.39 is 0 Å². The fourth-order valence-corrected chi connectivity index (χ4v) is 2.83. The zero-order chi connectivity index (χ0) is 12.8. The highest BCUT2D eigenvalue weighted by Gasteiger charge is 2.17. The molecule has 2 rings (SSSR count). The molecule has 2 heterocycles. The molecule has 0 saturated carbocycles. The van der Waals surface area contributed by atoms with Gasteiger partial charge in [-0.05, 0) is 31.7 Å². The fraction of sp³-hybridized carbons (Fsp3) is 0.714. The smallest absolute Gasteiger partial charge is 0.158 e. The van der Waals surface area contributed by atoms with E-state index >= 15 is 0 Å². The van der Waals surface area contributed by atoms with Gasteiger partial charge in [0.25, 0.3) is 0 Å². The maximum Gasteiger partial charge on any atom is 0.158 e. The average molecular weight is 269 g/mol. The number of thiophene rings is 1. The quantitative estimate of drug-likeness (QED) is 0.792. The normalized spacial score (nSPS) is 17.8. The number of hydrogen-bond donors (Lipinski definition) is 0. The van der Waals surface area contributed by atoms with Crippen LogP contribution in [0.1, 0.15) is 31.6 Å². The SMILES string of the molecule is CC(C)N(CCC1OCCCO1)Cc1cccs1. The first-order valence-electron chi connectivity index (χ1n) is 6.75. The van der Waals surface area contributed by atoms with Gasteiger partial charge in [0, 0.05) is 30.4 Å². The third kappa shape index (κ3) is 4.35. The minimum absolute atomic E-state index is 0.00309. The van der Waals surface area contributed by atoms with Gasteiger partial charge in [-0.2, -0.15) is 0 Å². The Bertz CT molecular complexity index is 321. The maximum atomic E-state index is 5.60. The highest BCUT2D eigenvalue weighted by Crippen LogP contribution is 2.16. The maximum absolute atomic E-state index is 5.60. The van der Waals surface area contributed by atoms with Gasteiger partial charge in [-0.15, -0.1) is 11.3 Å². The molecule has 1 aromatic rings. The summed E-state index contributed by atoms with van der Waals surface area (Å²) in [4.78, 5) is 3.90. The summed E-state index contributed by atoms with van der Waals surface area (Å²) < 4.78 is 11.2. The minimum atomic E-state index is 0.00309. The van der Waals surface area contributed by atoms with Gasteiger partial charge in [-0.1, -0.05) is 6.07 Å². The molecule has 1 aliphatic rings. The second kappa shape index (κ2) is 7.24. The van der Waals surface area contributed by atoms with Crippen molar-refractivity contribution < 1.29 is 9.47 Å². The van der Waals surface area contributed by atoms with Gasteiger partial charge in [0.15, 0.2) is 6.29 Å². The first kappa shape index (κ1) is 14.0. The Morgan fingerprint density at radius 2 is 2.17 bits per heavy atom. The first-order valence-corrected chi connectivity index (χ1v) is 7.63. The van der Waals surface area contributed by atoms with Crippen molar-refractivity contribution in [1.29, 1.82) is 0 Å². The number of nitrogens with zero attached hydrogens (tertiary/aromatic N) is 1. The van der Waals surface area contributed by atoms with Crippen molar-refractivity contribution >= 4 is 11.3 Å². The van der Waals surface area contributed by atoms with Crippen LogP contribution in [-0.2, 0) is 16.0 Å². The summed E-state index contributed by atoms with van der Waals surface area (Å²) in [5.41, 5.74) is 0. The van der Waals surface area contributed by atoms with Crippen molar-refractivity contribution in [3.63, 3.8) is 0 Å². The van der Waals surface area contributed by atoms with Crippen LogP contribution in [-0.4, -0.2) is 37.0 Å². The number of hydrogen-bond acceptors (Lipinski definition) is 4. The summed E-state index contributed by atoms with van der Waals surface area (Å²) in [6.45, 7) is 8.24. The van der Waals surface area contributed by atoms with Gasteiger partial charge < -0.3 is 9.47 Å². The van der Waals surface area contributed by atoms with Gasteiger partial charge >= 0.3 is 0 Å². The summed E-state index contributed by atoms with van der Waals surface area (Å²) in [5, 5.41) is 2.14. The summed E-state index contributed by atoms with van der Waals surface area (Å²) in [6, 6.07) is 4.87. The lowest BCUT2D eigenvalue weighted by Gasteiger charge is -2.29. The second-order valence-electron chi connectivity index (χ2n) is 4.96. The Morgan fingerprint density at radius 1 is 1.39 bits per heavy atom. The molecule has 4 heteroatoms. The molecular weight excluding hydrogens is 246 g/mol. The van der Waals surface area contributed by atoms with Crippen LogP contribution in [0.2, 0.25) is 0 Å². The van der Waals surface area contributed by atoms with Crippen molar-refractivity contribution in [1.82, 2.24) is 4.90 Å². The van der Waals surface area contributed by atoms with Crippen LogP contribution in [0, 0.1) is 0 Å². The minimum Gasteiger partial charge on any atom is -0.353 e. The fourth-order valence-electron chi connectivity index (χ4n) is 2.10. The predicted octanol–water partition coefficient (Wildman–Crippen LogP) is 3.11. The lowest BCUT2D eigenvalue weighted by Crippen LogP contribution is -2.35. The molecule has 0 atom stereocenters. The molecule has 0 amide bonds. The standard InChI is InChI=1S/C14H23NO2S/c1-12(2)15(11-13-5-3-10-18-13)7-6-14-16-8-4-9-17-14/h3,5,10,12,14H,4,6-9,11H2,1-2H3. The van der Waals surface area contributed by atoms with E-state index in [2.05, 4.69) is 36.3 Å². The van der Waals surface area contributed by atoms with Gasteiger partial charge in [-0.3, -0.25) is 4.90 Å². The Balaban J connectivity index is 1.78. The average Bonchev–Trinajstić information content (AvgIpc) is 2.88. The van der Waals surface area contributed by atoms with Gasteiger partial charge in [-0.25, -0.2) is 0 Å². The molecule has 3 nitrogen and oxygen atoms in total. The molecule has 0 bridgehead atoms. The van der Waals surface area contributed by atoms with Gasteiger partial charge in [0.1, 0.15) is 0 Å². The number of ether oxygens (including phenoxy) is 2. The zero-order valence-electron chi connectivity index (χ0n) is 11.3. The van der Waals surface area contributed by atoms with E-state index in [1.54, 1.807) is 0 Å². The molecule has 0 unspecified atom stereocenters. The van der Waals surface area contributed by atoms with Crippen molar-refractivity contribution in [3.05, 3.63) is 22.4 Å². The van der Waals surface area contributed by atoms with Crippen LogP contribution in [0.4, 0.5) is 0 Å². The van der Waals surface area contributed by atoms with E-state index in [4.69, 9.17) is 9.47 Å². The van der Waals surface area contributed by atoms with E-state index in [1.807, 2.05) is 11.3 Å². The van der Waals surface area contributed by atoms with Crippen LogP contribution in [0.3, 0.4) is 0 Å². The van der Waals surface area contributed by atoms with Gasteiger partial charge in [0.05, 0.1) is 13.2 Å². The lowest BCUT2D eigenvalue weighted by molar-refractivity contribution is -0.183. The number of rotatable bonds is 6. The first-order chi connectivity index (χ1) is 8.75. The molecule has 0 spiro atoms. The van der Waals surface area contributed by atoms with Crippen molar-refractivity contribution in [2.24, 2.45) is 0 Å². The highest BCUT2D eigenvalue weighted by molar-refractivity contribution is 7.09. The molecule has 102 valence electrons. The van der Waals surface area contributed by atoms with E-state index in [9.17, 15) is 0 Å². The third-order valence-corrected chi connectivity index (χ3v) is 4.08. The Hall–Kier alpha value is -0.420. The topological polar surface area (TPSA) is 21.7 Å². The Labute approximate surface area is 114 Å². The lowest BCUT2D eigenvalue weighted by atomic mass is 10.2. The van der Waals surface area contributed by atoms with Crippen LogP contribution in [0.15, 0.2) is 17.5 Å². The predicted molar refractivity (Wildman–Crippen MR) is 74.8 cm³/mol. The van der Waals surface area contributed by atoms with E-state index in [0.717, 1.165) is 39.1 Å². The summed E-state index contributed by atoms with van der Waals surface area (Å²) in [7, 11) is 0. The van der Waals surface area contributed by atoms with Crippen LogP contribution < -0.4 is 0 Å². The molecule has 0 aromatic carbocycles. The molecule has 0 N–H and O–H groups in total. The van der Waals surface area contributed by atoms with E-state index in [0.29, 0.717) is 6.04 Å². The van der Waals surface area contributed by atoms with E-state index in [-0.39, 0.29) is 6.29 Å².